The zero-order valence-electron chi connectivity index (χ0n) is 7.82. The maximum atomic E-state index is 10.0. The number of ether oxygens (including phenoxy) is 2. The molecule has 3 heteroatoms. The Bertz CT molecular complexity index is 369. The Morgan fingerprint density at radius 3 is 2.93 bits per heavy atom. The second kappa shape index (κ2) is 2.72. The Balaban J connectivity index is 2.11. The number of benzene rings is 1. The molecule has 14 heavy (non-hydrogen) atoms. The van der Waals surface area contributed by atoms with Crippen LogP contribution < -0.4 is 4.74 Å². The van der Waals surface area contributed by atoms with E-state index in [-0.39, 0.29) is 0 Å². The van der Waals surface area contributed by atoms with Gasteiger partial charge in [0.1, 0.15) is 5.75 Å². The first kappa shape index (κ1) is 8.26. The van der Waals surface area contributed by atoms with Gasteiger partial charge >= 0.3 is 0 Å². The largest absolute Gasteiger partial charge is 0.467 e. The molecule has 3 rings (SSSR count). The minimum atomic E-state index is -0.622. The van der Waals surface area contributed by atoms with E-state index in [0.717, 1.165) is 29.7 Å². The van der Waals surface area contributed by atoms with Gasteiger partial charge in [-0.05, 0) is 12.8 Å². The number of hydrogen-bond donors (Lipinski definition) is 1. The molecular formula is C11H12O3. The summed E-state index contributed by atoms with van der Waals surface area (Å²) in [6.07, 6.45) is 1.68. The van der Waals surface area contributed by atoms with Gasteiger partial charge in [0.25, 0.3) is 0 Å². The smallest absolute Gasteiger partial charge is 0.189 e. The fraction of sp³-hybridized carbons (Fsp3) is 0.455. The maximum Gasteiger partial charge on any atom is 0.189 e. The van der Waals surface area contributed by atoms with Crippen LogP contribution in [0.2, 0.25) is 0 Å². The highest BCUT2D eigenvalue weighted by Crippen LogP contribution is 2.50. The predicted molar refractivity (Wildman–Crippen MR) is 49.9 cm³/mol. The SMILES string of the molecule is OC1(c2cccc3c2OCOC3)CC1. The zero-order chi connectivity index (χ0) is 9.60. The maximum absolute atomic E-state index is 10.0. The van der Waals surface area contributed by atoms with E-state index in [1.807, 2.05) is 18.2 Å². The Labute approximate surface area is 82.3 Å². The van der Waals surface area contributed by atoms with Crippen molar-refractivity contribution in [3.63, 3.8) is 0 Å². The van der Waals surface area contributed by atoms with E-state index in [2.05, 4.69) is 0 Å². The second-order valence-electron chi connectivity index (χ2n) is 3.94. The first-order chi connectivity index (χ1) is 6.80. The molecule has 0 spiro atoms. The van der Waals surface area contributed by atoms with Gasteiger partial charge in [-0.1, -0.05) is 18.2 Å². The third kappa shape index (κ3) is 1.13. The van der Waals surface area contributed by atoms with Gasteiger partial charge in [0.15, 0.2) is 6.79 Å². The van der Waals surface area contributed by atoms with E-state index in [9.17, 15) is 5.11 Å². The van der Waals surface area contributed by atoms with E-state index in [1.165, 1.54) is 0 Å². The summed E-state index contributed by atoms with van der Waals surface area (Å²) in [5, 5.41) is 10.0. The molecule has 3 nitrogen and oxygen atoms in total. The van der Waals surface area contributed by atoms with Crippen LogP contribution in [-0.4, -0.2) is 11.9 Å². The van der Waals surface area contributed by atoms with Crippen molar-refractivity contribution in [1.29, 1.82) is 0 Å². The number of hydrogen-bond acceptors (Lipinski definition) is 3. The molecule has 1 fully saturated rings. The van der Waals surface area contributed by atoms with Crippen molar-refractivity contribution in [3.8, 4) is 5.75 Å². The van der Waals surface area contributed by atoms with Crippen LogP contribution in [0.5, 0.6) is 5.75 Å². The zero-order valence-corrected chi connectivity index (χ0v) is 7.82. The van der Waals surface area contributed by atoms with Gasteiger partial charge in [-0.15, -0.1) is 0 Å². The van der Waals surface area contributed by atoms with E-state index in [1.54, 1.807) is 0 Å². The highest BCUT2D eigenvalue weighted by molar-refractivity contribution is 5.47. The van der Waals surface area contributed by atoms with E-state index < -0.39 is 5.60 Å². The standard InChI is InChI=1S/C11H12O3/c12-11(4-5-11)9-3-1-2-8-6-13-7-14-10(8)9/h1-3,12H,4-7H2. The van der Waals surface area contributed by atoms with Gasteiger partial charge in [0.2, 0.25) is 0 Å². The summed E-state index contributed by atoms with van der Waals surface area (Å²) in [7, 11) is 0. The third-order valence-corrected chi connectivity index (χ3v) is 2.87. The number of fused-ring (bicyclic) bond motifs is 1. The normalized spacial score (nSPS) is 22.4. The first-order valence-corrected chi connectivity index (χ1v) is 4.85. The molecule has 0 aromatic heterocycles. The van der Waals surface area contributed by atoms with Crippen LogP contribution in [0.1, 0.15) is 24.0 Å². The Morgan fingerprint density at radius 1 is 1.29 bits per heavy atom. The lowest BCUT2D eigenvalue weighted by atomic mass is 10.0. The number of aliphatic hydroxyl groups is 1. The van der Waals surface area contributed by atoms with E-state index >= 15 is 0 Å². The highest BCUT2D eigenvalue weighted by Gasteiger charge is 2.44. The lowest BCUT2D eigenvalue weighted by Crippen LogP contribution is -2.16. The van der Waals surface area contributed by atoms with Crippen LogP contribution in [0.25, 0.3) is 0 Å². The molecule has 0 radical (unpaired) electrons. The monoisotopic (exact) mass is 192 g/mol. The van der Waals surface area contributed by atoms with E-state index in [4.69, 9.17) is 9.47 Å². The summed E-state index contributed by atoms with van der Waals surface area (Å²) < 4.78 is 10.6. The molecule has 0 unspecified atom stereocenters. The van der Waals surface area contributed by atoms with Crippen molar-refractivity contribution < 1.29 is 14.6 Å². The summed E-state index contributed by atoms with van der Waals surface area (Å²) in [5.41, 5.74) is 1.34. The molecular weight excluding hydrogens is 180 g/mol. The summed E-state index contributed by atoms with van der Waals surface area (Å²) in [6.45, 7) is 0.874. The summed E-state index contributed by atoms with van der Waals surface area (Å²) in [6, 6.07) is 5.86. The van der Waals surface area contributed by atoms with Crippen LogP contribution in [0.15, 0.2) is 18.2 Å². The molecule has 0 bridgehead atoms. The molecule has 1 aliphatic heterocycles. The third-order valence-electron chi connectivity index (χ3n) is 2.87. The van der Waals surface area contributed by atoms with Gasteiger partial charge in [-0.25, -0.2) is 0 Å². The lowest BCUT2D eigenvalue weighted by Gasteiger charge is -2.22. The molecule has 1 heterocycles. The summed E-state index contributed by atoms with van der Waals surface area (Å²) in [4.78, 5) is 0. The van der Waals surface area contributed by atoms with Crippen molar-refractivity contribution in [3.05, 3.63) is 29.3 Å². The Hall–Kier alpha value is -1.06. The quantitative estimate of drug-likeness (QED) is 0.733. The average Bonchev–Trinajstić information content (AvgIpc) is 2.97. The molecule has 1 aliphatic carbocycles. The van der Waals surface area contributed by atoms with Gasteiger partial charge in [-0.3, -0.25) is 0 Å². The molecule has 2 aliphatic rings. The molecule has 1 aromatic rings. The molecule has 0 amide bonds. The summed E-state index contributed by atoms with van der Waals surface area (Å²) in [5.74, 6) is 0.832. The molecule has 74 valence electrons. The van der Waals surface area contributed by atoms with Crippen molar-refractivity contribution >= 4 is 0 Å². The van der Waals surface area contributed by atoms with Crippen molar-refractivity contribution in [2.75, 3.05) is 6.79 Å². The van der Waals surface area contributed by atoms with Crippen molar-refractivity contribution in [1.82, 2.24) is 0 Å². The topological polar surface area (TPSA) is 38.7 Å². The highest BCUT2D eigenvalue weighted by atomic mass is 16.7. The fourth-order valence-corrected chi connectivity index (χ4v) is 1.88. The minimum Gasteiger partial charge on any atom is -0.467 e. The second-order valence-corrected chi connectivity index (χ2v) is 3.94. The van der Waals surface area contributed by atoms with Gasteiger partial charge in [0, 0.05) is 11.1 Å². The fourth-order valence-electron chi connectivity index (χ4n) is 1.88. The predicted octanol–water partition coefficient (Wildman–Crippen LogP) is 1.53. The van der Waals surface area contributed by atoms with Crippen LogP contribution >= 0.6 is 0 Å². The molecule has 1 N–H and O–H groups in total. The van der Waals surface area contributed by atoms with Crippen LogP contribution in [0.4, 0.5) is 0 Å². The van der Waals surface area contributed by atoms with Gasteiger partial charge in [0.05, 0.1) is 12.2 Å². The van der Waals surface area contributed by atoms with Crippen LogP contribution in [0.3, 0.4) is 0 Å². The minimum absolute atomic E-state index is 0.292. The molecule has 1 saturated carbocycles. The van der Waals surface area contributed by atoms with E-state index in [0.29, 0.717) is 13.4 Å². The number of rotatable bonds is 1. The summed E-state index contributed by atoms with van der Waals surface area (Å²) >= 11 is 0. The number of para-hydroxylation sites is 1. The van der Waals surface area contributed by atoms with Gasteiger partial charge < -0.3 is 14.6 Å². The lowest BCUT2D eigenvalue weighted by molar-refractivity contribution is -0.0191. The molecule has 0 saturated heterocycles. The molecule has 0 atom stereocenters. The Kier molecular flexibility index (Phi) is 1.60. The average molecular weight is 192 g/mol. The Morgan fingerprint density at radius 2 is 2.14 bits per heavy atom. The van der Waals surface area contributed by atoms with Gasteiger partial charge in [-0.2, -0.15) is 0 Å². The van der Waals surface area contributed by atoms with Crippen LogP contribution in [0, 0.1) is 0 Å². The van der Waals surface area contributed by atoms with Crippen molar-refractivity contribution in [2.45, 2.75) is 25.0 Å². The molecule has 1 aromatic carbocycles. The van der Waals surface area contributed by atoms with Crippen molar-refractivity contribution in [2.24, 2.45) is 0 Å². The van der Waals surface area contributed by atoms with Crippen LogP contribution in [-0.2, 0) is 16.9 Å². The first-order valence-electron chi connectivity index (χ1n) is 4.85.